The zero-order valence-electron chi connectivity index (χ0n) is 5.97. The van der Waals surface area contributed by atoms with E-state index in [4.69, 9.17) is 4.74 Å². The van der Waals surface area contributed by atoms with Gasteiger partial charge in [0.05, 0.1) is 6.61 Å². The molecule has 2 heteroatoms. The highest BCUT2D eigenvalue weighted by molar-refractivity contribution is 4.80. The topological polar surface area (TPSA) is 12.5 Å². The second-order valence-corrected chi connectivity index (χ2v) is 2.37. The van der Waals surface area contributed by atoms with Crippen molar-refractivity contribution in [3.63, 3.8) is 0 Å². The maximum Gasteiger partial charge on any atom is 0.0589 e. The van der Waals surface area contributed by atoms with E-state index in [1.54, 1.807) is 7.11 Å². The zero-order valence-corrected chi connectivity index (χ0v) is 5.97. The summed E-state index contributed by atoms with van der Waals surface area (Å²) in [5.74, 6) is 0. The molecule has 1 heterocycles. The van der Waals surface area contributed by atoms with E-state index in [1.807, 2.05) is 0 Å². The maximum atomic E-state index is 4.95. The lowest BCUT2D eigenvalue weighted by atomic mass is 10.4. The second kappa shape index (κ2) is 3.85. The Balaban J connectivity index is 1.98. The Morgan fingerprint density at radius 1 is 1.67 bits per heavy atom. The van der Waals surface area contributed by atoms with Crippen LogP contribution in [0, 0.1) is 6.42 Å². The van der Waals surface area contributed by atoms with Crippen molar-refractivity contribution in [1.82, 2.24) is 4.90 Å². The van der Waals surface area contributed by atoms with Crippen molar-refractivity contribution in [2.75, 3.05) is 33.4 Å². The summed E-state index contributed by atoms with van der Waals surface area (Å²) in [6.07, 6.45) is 3.57. The van der Waals surface area contributed by atoms with Crippen LogP contribution >= 0.6 is 0 Å². The van der Waals surface area contributed by atoms with Gasteiger partial charge in [0.1, 0.15) is 0 Å². The van der Waals surface area contributed by atoms with Gasteiger partial charge >= 0.3 is 0 Å². The van der Waals surface area contributed by atoms with Gasteiger partial charge in [0, 0.05) is 20.2 Å². The first-order valence-electron chi connectivity index (χ1n) is 3.46. The van der Waals surface area contributed by atoms with Crippen molar-refractivity contribution >= 4 is 0 Å². The molecule has 0 aromatic rings. The number of hydrogen-bond acceptors (Lipinski definition) is 2. The Morgan fingerprint density at radius 3 is 3.11 bits per heavy atom. The van der Waals surface area contributed by atoms with Crippen LogP contribution in [0.15, 0.2) is 0 Å². The molecule has 1 radical (unpaired) electrons. The van der Waals surface area contributed by atoms with Crippen LogP contribution in [0.1, 0.15) is 6.42 Å². The number of ether oxygens (including phenoxy) is 1. The van der Waals surface area contributed by atoms with Crippen molar-refractivity contribution in [3.05, 3.63) is 6.42 Å². The molecular formula is C7H14NO. The molecule has 1 rings (SSSR count). The lowest BCUT2D eigenvalue weighted by molar-refractivity contribution is 0.162. The minimum Gasteiger partial charge on any atom is -0.383 e. The van der Waals surface area contributed by atoms with E-state index < -0.39 is 0 Å². The predicted octanol–water partition coefficient (Wildman–Crippen LogP) is 0.543. The zero-order chi connectivity index (χ0) is 6.53. The van der Waals surface area contributed by atoms with E-state index in [1.165, 1.54) is 13.0 Å². The van der Waals surface area contributed by atoms with Gasteiger partial charge in [-0.25, -0.2) is 0 Å². The number of nitrogens with zero attached hydrogens (tertiary/aromatic N) is 1. The Bertz CT molecular complexity index is 69.3. The fourth-order valence-electron chi connectivity index (χ4n) is 1.06. The molecule has 9 heavy (non-hydrogen) atoms. The fraction of sp³-hybridized carbons (Fsp3) is 0.857. The van der Waals surface area contributed by atoms with Crippen LogP contribution in [0.5, 0.6) is 0 Å². The first-order valence-corrected chi connectivity index (χ1v) is 3.46. The van der Waals surface area contributed by atoms with Crippen molar-refractivity contribution in [1.29, 1.82) is 0 Å². The molecule has 0 aromatic heterocycles. The van der Waals surface area contributed by atoms with Crippen LogP contribution in [0.4, 0.5) is 0 Å². The third-order valence-electron chi connectivity index (χ3n) is 1.65. The minimum atomic E-state index is 0.869. The van der Waals surface area contributed by atoms with E-state index in [0.29, 0.717) is 0 Å². The highest BCUT2D eigenvalue weighted by Gasteiger charge is 2.09. The smallest absolute Gasteiger partial charge is 0.0589 e. The van der Waals surface area contributed by atoms with Crippen LogP contribution in [0.2, 0.25) is 0 Å². The average molecular weight is 128 g/mol. The van der Waals surface area contributed by atoms with Gasteiger partial charge in [-0.05, 0) is 19.4 Å². The lowest BCUT2D eigenvalue weighted by Gasteiger charge is -2.12. The van der Waals surface area contributed by atoms with Gasteiger partial charge in [0.15, 0.2) is 0 Å². The van der Waals surface area contributed by atoms with Crippen molar-refractivity contribution in [3.8, 4) is 0 Å². The molecule has 53 valence electrons. The van der Waals surface area contributed by atoms with Crippen molar-refractivity contribution in [2.24, 2.45) is 0 Å². The summed E-state index contributed by atoms with van der Waals surface area (Å²) >= 11 is 0. The SMILES string of the molecule is COCCN1C[CH]CC1. The molecule has 1 aliphatic rings. The molecule has 0 unspecified atom stereocenters. The standard InChI is InChI=1S/C7H14NO/c1-9-7-6-8-4-2-3-5-8/h2H,3-7H2,1H3. The Morgan fingerprint density at radius 2 is 2.56 bits per heavy atom. The normalized spacial score (nSPS) is 21.0. The molecule has 1 aliphatic heterocycles. The summed E-state index contributed by atoms with van der Waals surface area (Å²) in [7, 11) is 1.75. The third-order valence-corrected chi connectivity index (χ3v) is 1.65. The maximum absolute atomic E-state index is 4.95. The van der Waals surface area contributed by atoms with Gasteiger partial charge in [-0.2, -0.15) is 0 Å². The van der Waals surface area contributed by atoms with Gasteiger partial charge in [-0.3, -0.25) is 0 Å². The van der Waals surface area contributed by atoms with Crippen LogP contribution in [-0.4, -0.2) is 38.3 Å². The molecule has 0 amide bonds. The Kier molecular flexibility index (Phi) is 3.01. The highest BCUT2D eigenvalue weighted by Crippen LogP contribution is 2.04. The Labute approximate surface area is 56.8 Å². The van der Waals surface area contributed by atoms with E-state index in [9.17, 15) is 0 Å². The van der Waals surface area contributed by atoms with Gasteiger partial charge in [0.25, 0.3) is 0 Å². The van der Waals surface area contributed by atoms with E-state index in [0.717, 1.165) is 19.7 Å². The summed E-state index contributed by atoms with van der Waals surface area (Å²) in [5, 5.41) is 0. The number of methoxy groups -OCH3 is 1. The fourth-order valence-corrected chi connectivity index (χ4v) is 1.06. The molecule has 0 aromatic carbocycles. The molecule has 0 atom stereocenters. The van der Waals surface area contributed by atoms with Crippen LogP contribution < -0.4 is 0 Å². The number of likely N-dealkylation sites (tertiary alicyclic amines) is 1. The van der Waals surface area contributed by atoms with Crippen molar-refractivity contribution in [2.45, 2.75) is 6.42 Å². The van der Waals surface area contributed by atoms with Gasteiger partial charge < -0.3 is 9.64 Å². The Hall–Kier alpha value is -0.0800. The van der Waals surface area contributed by atoms with Gasteiger partial charge in [0.2, 0.25) is 0 Å². The van der Waals surface area contributed by atoms with Crippen LogP contribution in [-0.2, 0) is 4.74 Å². The van der Waals surface area contributed by atoms with Crippen molar-refractivity contribution < 1.29 is 4.74 Å². The van der Waals surface area contributed by atoms with Gasteiger partial charge in [-0.1, -0.05) is 0 Å². The number of hydrogen-bond donors (Lipinski definition) is 0. The quantitative estimate of drug-likeness (QED) is 0.550. The summed E-state index contributed by atoms with van der Waals surface area (Å²) in [4.78, 5) is 2.39. The largest absolute Gasteiger partial charge is 0.383 e. The van der Waals surface area contributed by atoms with Gasteiger partial charge in [-0.15, -0.1) is 0 Å². The van der Waals surface area contributed by atoms with E-state index in [2.05, 4.69) is 11.3 Å². The monoisotopic (exact) mass is 128 g/mol. The molecule has 0 saturated carbocycles. The summed E-state index contributed by atoms with van der Waals surface area (Å²) in [6, 6.07) is 0. The predicted molar refractivity (Wildman–Crippen MR) is 37.2 cm³/mol. The second-order valence-electron chi connectivity index (χ2n) is 2.37. The van der Waals surface area contributed by atoms with Crippen LogP contribution in [0.25, 0.3) is 0 Å². The molecule has 0 bridgehead atoms. The first-order chi connectivity index (χ1) is 4.43. The molecule has 0 aliphatic carbocycles. The van der Waals surface area contributed by atoms with Crippen LogP contribution in [0.3, 0.4) is 0 Å². The molecular weight excluding hydrogens is 114 g/mol. The lowest BCUT2D eigenvalue weighted by Crippen LogP contribution is -2.23. The number of rotatable bonds is 3. The minimum absolute atomic E-state index is 0.869. The molecule has 2 nitrogen and oxygen atoms in total. The summed E-state index contributed by atoms with van der Waals surface area (Å²) in [6.45, 7) is 4.34. The molecule has 1 saturated heterocycles. The van der Waals surface area contributed by atoms with E-state index in [-0.39, 0.29) is 0 Å². The van der Waals surface area contributed by atoms with E-state index >= 15 is 0 Å². The molecule has 0 spiro atoms. The first kappa shape index (κ1) is 7.03. The molecule has 1 fully saturated rings. The average Bonchev–Trinajstić information content (AvgIpc) is 2.34. The third kappa shape index (κ3) is 2.33. The summed E-state index contributed by atoms with van der Waals surface area (Å²) < 4.78 is 4.95. The molecule has 0 N–H and O–H groups in total. The highest BCUT2D eigenvalue weighted by atomic mass is 16.5. The summed E-state index contributed by atoms with van der Waals surface area (Å²) in [5.41, 5.74) is 0.